The van der Waals surface area contributed by atoms with E-state index >= 15 is 0 Å². The lowest BCUT2D eigenvalue weighted by Gasteiger charge is -2.20. The Labute approximate surface area is 70.7 Å². The summed E-state index contributed by atoms with van der Waals surface area (Å²) in [6, 6.07) is -0.773. The molecule has 1 atom stereocenters. The van der Waals surface area contributed by atoms with E-state index in [2.05, 4.69) is 10.6 Å². The van der Waals surface area contributed by atoms with Crippen LogP contribution in [0.4, 0.5) is 4.79 Å². The average Bonchev–Trinajstić information content (AvgIpc) is 2.05. The summed E-state index contributed by atoms with van der Waals surface area (Å²) in [5, 5.41) is 5.15. The summed E-state index contributed by atoms with van der Waals surface area (Å²) >= 11 is 0. The van der Waals surface area contributed by atoms with Crippen molar-refractivity contribution >= 4 is 11.9 Å². The lowest BCUT2D eigenvalue weighted by Crippen LogP contribution is -2.44. The van der Waals surface area contributed by atoms with E-state index in [1.54, 1.807) is 0 Å². The Morgan fingerprint density at radius 2 is 2.25 bits per heavy atom. The number of imide groups is 1. The molecule has 5 heteroatoms. The first-order chi connectivity index (χ1) is 5.70. The first-order valence-corrected chi connectivity index (χ1v) is 4.01. The van der Waals surface area contributed by atoms with Gasteiger partial charge in [0.15, 0.2) is 0 Å². The molecule has 0 spiro atoms. The van der Waals surface area contributed by atoms with Crippen LogP contribution in [0.2, 0.25) is 0 Å². The van der Waals surface area contributed by atoms with Crippen LogP contribution in [0.1, 0.15) is 12.8 Å². The standard InChI is InChI=1S/C7H13N3O2/c8-7(12)10-6(11)5-2-1-3-9-4-5/h5,9H,1-4H2,(H3,8,10,11,12)/t5-/m1/s1. The van der Waals surface area contributed by atoms with Crippen molar-refractivity contribution in [3.63, 3.8) is 0 Å². The topological polar surface area (TPSA) is 84.2 Å². The van der Waals surface area contributed by atoms with Crippen LogP contribution in [-0.4, -0.2) is 25.0 Å². The van der Waals surface area contributed by atoms with E-state index in [9.17, 15) is 9.59 Å². The van der Waals surface area contributed by atoms with Crippen LogP contribution in [0.15, 0.2) is 0 Å². The predicted molar refractivity (Wildman–Crippen MR) is 43.3 cm³/mol. The highest BCUT2D eigenvalue weighted by atomic mass is 16.2. The van der Waals surface area contributed by atoms with Gasteiger partial charge in [-0.15, -0.1) is 0 Å². The molecule has 4 N–H and O–H groups in total. The second-order valence-corrected chi connectivity index (χ2v) is 2.90. The molecule has 0 radical (unpaired) electrons. The maximum Gasteiger partial charge on any atom is 0.318 e. The van der Waals surface area contributed by atoms with Gasteiger partial charge < -0.3 is 11.1 Å². The summed E-state index contributed by atoms with van der Waals surface area (Å²) < 4.78 is 0. The molecule has 1 aliphatic rings. The molecule has 0 aromatic carbocycles. The Kier molecular flexibility index (Phi) is 3.04. The fourth-order valence-corrected chi connectivity index (χ4v) is 1.30. The molecule has 1 saturated heterocycles. The molecule has 1 heterocycles. The summed E-state index contributed by atoms with van der Waals surface area (Å²) in [7, 11) is 0. The van der Waals surface area contributed by atoms with Crippen LogP contribution in [0.5, 0.6) is 0 Å². The van der Waals surface area contributed by atoms with Crippen LogP contribution < -0.4 is 16.4 Å². The van der Waals surface area contributed by atoms with E-state index in [1.165, 1.54) is 0 Å². The van der Waals surface area contributed by atoms with Crippen LogP contribution in [0, 0.1) is 5.92 Å². The van der Waals surface area contributed by atoms with E-state index < -0.39 is 6.03 Å². The van der Waals surface area contributed by atoms with Gasteiger partial charge in [-0.3, -0.25) is 10.1 Å². The minimum Gasteiger partial charge on any atom is -0.351 e. The maximum absolute atomic E-state index is 11.2. The van der Waals surface area contributed by atoms with Crippen molar-refractivity contribution in [2.45, 2.75) is 12.8 Å². The number of nitrogens with two attached hydrogens (primary N) is 1. The molecule has 0 unspecified atom stereocenters. The zero-order valence-electron chi connectivity index (χ0n) is 6.80. The quantitative estimate of drug-likeness (QED) is 0.482. The van der Waals surface area contributed by atoms with Crippen LogP contribution in [0.25, 0.3) is 0 Å². The van der Waals surface area contributed by atoms with Crippen LogP contribution >= 0.6 is 0 Å². The summed E-state index contributed by atoms with van der Waals surface area (Å²) in [4.78, 5) is 21.5. The van der Waals surface area contributed by atoms with Crippen molar-refractivity contribution in [3.8, 4) is 0 Å². The normalized spacial score (nSPS) is 23.2. The zero-order chi connectivity index (χ0) is 8.97. The number of nitrogens with one attached hydrogen (secondary N) is 2. The first-order valence-electron chi connectivity index (χ1n) is 4.01. The van der Waals surface area contributed by atoms with Crippen molar-refractivity contribution in [2.24, 2.45) is 11.7 Å². The van der Waals surface area contributed by atoms with E-state index in [-0.39, 0.29) is 11.8 Å². The highest BCUT2D eigenvalue weighted by Crippen LogP contribution is 2.09. The number of piperidine rings is 1. The minimum absolute atomic E-state index is 0.105. The SMILES string of the molecule is NC(=O)NC(=O)[C@@H]1CCCNC1. The molecule has 0 bridgehead atoms. The Hall–Kier alpha value is -1.10. The third-order valence-electron chi connectivity index (χ3n) is 1.91. The van der Waals surface area contributed by atoms with Crippen molar-refractivity contribution in [2.75, 3.05) is 13.1 Å². The van der Waals surface area contributed by atoms with Gasteiger partial charge in [-0.25, -0.2) is 4.79 Å². The van der Waals surface area contributed by atoms with Gasteiger partial charge in [0, 0.05) is 6.54 Å². The summed E-state index contributed by atoms with van der Waals surface area (Å²) in [5.41, 5.74) is 4.81. The van der Waals surface area contributed by atoms with Gasteiger partial charge in [-0.05, 0) is 19.4 Å². The highest BCUT2D eigenvalue weighted by molar-refractivity contribution is 5.94. The molecule has 1 rings (SSSR count). The smallest absolute Gasteiger partial charge is 0.318 e. The summed E-state index contributed by atoms with van der Waals surface area (Å²) in [5.74, 6) is -0.374. The van der Waals surface area contributed by atoms with Crippen molar-refractivity contribution < 1.29 is 9.59 Å². The molecular weight excluding hydrogens is 158 g/mol. The second-order valence-electron chi connectivity index (χ2n) is 2.90. The fourth-order valence-electron chi connectivity index (χ4n) is 1.30. The maximum atomic E-state index is 11.2. The first kappa shape index (κ1) is 8.99. The number of urea groups is 1. The van der Waals surface area contributed by atoms with Gasteiger partial charge in [-0.2, -0.15) is 0 Å². The van der Waals surface area contributed by atoms with Crippen LogP contribution in [-0.2, 0) is 4.79 Å². The second kappa shape index (κ2) is 4.06. The van der Waals surface area contributed by atoms with Gasteiger partial charge in [0.05, 0.1) is 5.92 Å². The van der Waals surface area contributed by atoms with Crippen molar-refractivity contribution in [3.05, 3.63) is 0 Å². The fraction of sp³-hybridized carbons (Fsp3) is 0.714. The van der Waals surface area contributed by atoms with Crippen LogP contribution in [0.3, 0.4) is 0 Å². The molecule has 0 aliphatic carbocycles. The molecular formula is C7H13N3O2. The number of hydrogen-bond donors (Lipinski definition) is 3. The summed E-state index contributed by atoms with van der Waals surface area (Å²) in [6.45, 7) is 1.58. The van der Waals surface area contributed by atoms with Gasteiger partial charge in [0.2, 0.25) is 5.91 Å². The molecule has 5 nitrogen and oxygen atoms in total. The molecule has 12 heavy (non-hydrogen) atoms. The largest absolute Gasteiger partial charge is 0.351 e. The number of carbonyl (C=O) groups is 2. The third-order valence-corrected chi connectivity index (χ3v) is 1.91. The number of amides is 3. The van der Waals surface area contributed by atoms with E-state index in [0.29, 0.717) is 6.54 Å². The lowest BCUT2D eigenvalue weighted by molar-refractivity contribution is -0.124. The summed E-state index contributed by atoms with van der Waals surface area (Å²) in [6.07, 6.45) is 1.79. The zero-order valence-corrected chi connectivity index (χ0v) is 6.80. The molecule has 0 aromatic heterocycles. The van der Waals surface area contributed by atoms with Gasteiger partial charge in [0.25, 0.3) is 0 Å². The molecule has 1 aliphatic heterocycles. The predicted octanol–water partition coefficient (Wildman–Crippen LogP) is -0.819. The van der Waals surface area contributed by atoms with E-state index in [1.807, 2.05) is 0 Å². The lowest BCUT2D eigenvalue weighted by atomic mass is 9.99. The van der Waals surface area contributed by atoms with Gasteiger partial charge in [-0.1, -0.05) is 0 Å². The number of primary amides is 1. The third kappa shape index (κ3) is 2.50. The Morgan fingerprint density at radius 3 is 2.75 bits per heavy atom. The van der Waals surface area contributed by atoms with Gasteiger partial charge >= 0.3 is 6.03 Å². The molecule has 1 fully saturated rings. The average molecular weight is 171 g/mol. The minimum atomic E-state index is -0.773. The Balaban J connectivity index is 2.34. The molecule has 0 saturated carbocycles. The van der Waals surface area contributed by atoms with E-state index in [4.69, 9.17) is 5.73 Å². The molecule has 68 valence electrons. The Bertz CT molecular complexity index is 187. The van der Waals surface area contributed by atoms with Crippen molar-refractivity contribution in [1.29, 1.82) is 0 Å². The van der Waals surface area contributed by atoms with Gasteiger partial charge in [0.1, 0.15) is 0 Å². The number of hydrogen-bond acceptors (Lipinski definition) is 3. The van der Waals surface area contributed by atoms with E-state index in [0.717, 1.165) is 19.4 Å². The number of rotatable bonds is 1. The molecule has 0 aromatic rings. The monoisotopic (exact) mass is 171 g/mol. The molecule has 3 amide bonds. The highest BCUT2D eigenvalue weighted by Gasteiger charge is 2.21. The Morgan fingerprint density at radius 1 is 1.50 bits per heavy atom. The van der Waals surface area contributed by atoms with Crippen molar-refractivity contribution in [1.82, 2.24) is 10.6 Å². The number of carbonyl (C=O) groups excluding carboxylic acids is 2.